The van der Waals surface area contributed by atoms with Gasteiger partial charge >= 0.3 is 0 Å². The maximum absolute atomic E-state index is 12.8. The molecule has 5 nitrogen and oxygen atoms in total. The van der Waals surface area contributed by atoms with Gasteiger partial charge in [0.1, 0.15) is 6.10 Å². The number of nitriles is 1. The smallest absolute Gasteiger partial charge is 0.170 e. The molecule has 14 heavy (non-hydrogen) atoms. The lowest BCUT2D eigenvalue weighted by atomic mass is 10.1. The zero-order chi connectivity index (χ0) is 10.7. The van der Waals surface area contributed by atoms with Gasteiger partial charge in [0.25, 0.3) is 0 Å². The third-order valence-electron chi connectivity index (χ3n) is 1.66. The first-order valence-electron chi connectivity index (χ1n) is 3.73. The molecule has 0 amide bonds. The van der Waals surface area contributed by atoms with Crippen LogP contribution in [0, 0.1) is 17.1 Å². The summed E-state index contributed by atoms with van der Waals surface area (Å²) in [6, 6.07) is 2.35. The van der Waals surface area contributed by atoms with Crippen LogP contribution in [0.3, 0.4) is 0 Å². The van der Waals surface area contributed by atoms with E-state index in [2.05, 4.69) is 4.98 Å². The summed E-state index contributed by atoms with van der Waals surface area (Å²) >= 11 is 0. The number of aliphatic hydroxyl groups is 2. The summed E-state index contributed by atoms with van der Waals surface area (Å²) in [5.74, 6) is -1.10. The number of rotatable bonds is 2. The van der Waals surface area contributed by atoms with Gasteiger partial charge in [0.15, 0.2) is 17.7 Å². The number of nitrogen functional groups attached to an aromatic ring is 1. The third-order valence-corrected chi connectivity index (χ3v) is 1.66. The van der Waals surface area contributed by atoms with Crippen LogP contribution < -0.4 is 5.73 Å². The Bertz CT molecular complexity index is 377. The minimum Gasteiger partial charge on any atom is -0.384 e. The van der Waals surface area contributed by atoms with Gasteiger partial charge in [-0.1, -0.05) is 0 Å². The van der Waals surface area contributed by atoms with Gasteiger partial charge in [0.05, 0.1) is 6.07 Å². The fraction of sp³-hybridized carbons (Fsp3) is 0.250. The SMILES string of the molecule is N#CC(O)C(O)c1cnc(N)c(F)c1. The molecule has 6 heteroatoms. The highest BCUT2D eigenvalue weighted by atomic mass is 19.1. The molecule has 0 radical (unpaired) electrons. The van der Waals surface area contributed by atoms with Crippen molar-refractivity contribution in [2.45, 2.75) is 12.2 Å². The molecule has 0 spiro atoms. The van der Waals surface area contributed by atoms with Crippen molar-refractivity contribution in [1.82, 2.24) is 4.98 Å². The first kappa shape index (κ1) is 10.4. The van der Waals surface area contributed by atoms with Crippen LogP contribution >= 0.6 is 0 Å². The molecule has 0 bridgehead atoms. The van der Waals surface area contributed by atoms with E-state index in [9.17, 15) is 9.50 Å². The Hall–Kier alpha value is -1.71. The van der Waals surface area contributed by atoms with Gasteiger partial charge in [-0.05, 0) is 6.07 Å². The molecule has 2 atom stereocenters. The van der Waals surface area contributed by atoms with Gasteiger partial charge in [-0.2, -0.15) is 5.26 Å². The Morgan fingerprint density at radius 3 is 2.71 bits per heavy atom. The molecule has 74 valence electrons. The quantitative estimate of drug-likeness (QED) is 0.566. The lowest BCUT2D eigenvalue weighted by Crippen LogP contribution is -2.16. The number of nitrogens with two attached hydrogens (primary N) is 1. The average Bonchev–Trinajstić information content (AvgIpc) is 2.20. The number of hydrogen-bond donors (Lipinski definition) is 3. The van der Waals surface area contributed by atoms with E-state index in [-0.39, 0.29) is 11.4 Å². The molecule has 0 saturated carbocycles. The van der Waals surface area contributed by atoms with Crippen molar-refractivity contribution < 1.29 is 14.6 Å². The average molecular weight is 197 g/mol. The van der Waals surface area contributed by atoms with E-state index in [4.69, 9.17) is 16.1 Å². The van der Waals surface area contributed by atoms with Gasteiger partial charge < -0.3 is 15.9 Å². The van der Waals surface area contributed by atoms with E-state index in [0.29, 0.717) is 0 Å². The van der Waals surface area contributed by atoms with Crippen molar-refractivity contribution >= 4 is 5.82 Å². The van der Waals surface area contributed by atoms with Gasteiger partial charge in [-0.25, -0.2) is 9.37 Å². The highest BCUT2D eigenvalue weighted by Gasteiger charge is 2.18. The van der Waals surface area contributed by atoms with Crippen molar-refractivity contribution in [1.29, 1.82) is 5.26 Å². The lowest BCUT2D eigenvalue weighted by molar-refractivity contribution is 0.0524. The summed E-state index contributed by atoms with van der Waals surface area (Å²) in [4.78, 5) is 3.44. The zero-order valence-electron chi connectivity index (χ0n) is 7.05. The third kappa shape index (κ3) is 1.96. The fourth-order valence-electron chi connectivity index (χ4n) is 0.878. The second kappa shape index (κ2) is 4.00. The topological polar surface area (TPSA) is 103 Å². The number of hydrogen-bond acceptors (Lipinski definition) is 5. The molecular formula is C8H8FN3O2. The van der Waals surface area contributed by atoms with Crippen LogP contribution in [0.15, 0.2) is 12.3 Å². The van der Waals surface area contributed by atoms with Crippen LogP contribution in [0.25, 0.3) is 0 Å². The summed E-state index contributed by atoms with van der Waals surface area (Å²) < 4.78 is 12.8. The Morgan fingerprint density at radius 1 is 1.57 bits per heavy atom. The van der Waals surface area contributed by atoms with Crippen molar-refractivity contribution in [2.24, 2.45) is 0 Å². The monoisotopic (exact) mass is 197 g/mol. The summed E-state index contributed by atoms with van der Waals surface area (Å²) in [6.07, 6.45) is -1.99. The number of aromatic nitrogens is 1. The molecule has 1 aromatic heterocycles. The van der Waals surface area contributed by atoms with Gasteiger partial charge in [0.2, 0.25) is 0 Å². The predicted molar refractivity (Wildman–Crippen MR) is 45.2 cm³/mol. The molecule has 2 unspecified atom stereocenters. The molecule has 0 aliphatic heterocycles. The maximum Gasteiger partial charge on any atom is 0.170 e. The summed E-state index contributed by atoms with van der Waals surface area (Å²) in [5, 5.41) is 26.5. The normalized spacial score (nSPS) is 14.4. The number of halogens is 1. The molecule has 0 aromatic carbocycles. The molecular weight excluding hydrogens is 189 g/mol. The van der Waals surface area contributed by atoms with E-state index in [1.165, 1.54) is 6.07 Å². The fourth-order valence-corrected chi connectivity index (χ4v) is 0.878. The standard InChI is InChI=1S/C8H8FN3O2/c9-5-1-4(3-12-8(5)11)7(14)6(13)2-10/h1,3,6-7,13-14H,(H2,11,12). The Labute approximate surface area is 79.2 Å². The van der Waals surface area contributed by atoms with E-state index in [0.717, 1.165) is 12.3 Å². The van der Waals surface area contributed by atoms with Crippen LogP contribution in [0.1, 0.15) is 11.7 Å². The molecule has 1 aromatic rings. The molecule has 1 rings (SSSR count). The van der Waals surface area contributed by atoms with E-state index in [1.54, 1.807) is 0 Å². The van der Waals surface area contributed by atoms with Crippen molar-refractivity contribution in [3.8, 4) is 6.07 Å². The molecule has 0 fully saturated rings. The van der Waals surface area contributed by atoms with E-state index >= 15 is 0 Å². The van der Waals surface area contributed by atoms with Gasteiger partial charge in [0, 0.05) is 11.8 Å². The van der Waals surface area contributed by atoms with E-state index < -0.39 is 18.0 Å². The highest BCUT2D eigenvalue weighted by molar-refractivity contribution is 5.33. The van der Waals surface area contributed by atoms with E-state index in [1.807, 2.05) is 0 Å². The van der Waals surface area contributed by atoms with Crippen molar-refractivity contribution in [2.75, 3.05) is 5.73 Å². The van der Waals surface area contributed by atoms with Crippen LogP contribution in [-0.2, 0) is 0 Å². The van der Waals surface area contributed by atoms with Crippen LogP contribution in [0.4, 0.5) is 10.2 Å². The predicted octanol–water partition coefficient (Wildman–Crippen LogP) is -0.279. The summed E-state index contributed by atoms with van der Waals surface area (Å²) in [7, 11) is 0. The number of pyridine rings is 1. The molecule has 0 aliphatic carbocycles. The van der Waals surface area contributed by atoms with Crippen LogP contribution in [0.2, 0.25) is 0 Å². The number of anilines is 1. The maximum atomic E-state index is 12.8. The Balaban J connectivity index is 2.98. The molecule has 1 heterocycles. The number of aliphatic hydroxyl groups excluding tert-OH is 2. The second-order valence-corrected chi connectivity index (χ2v) is 2.65. The van der Waals surface area contributed by atoms with Crippen LogP contribution in [-0.4, -0.2) is 21.3 Å². The second-order valence-electron chi connectivity index (χ2n) is 2.65. The van der Waals surface area contributed by atoms with Gasteiger partial charge in [-0.3, -0.25) is 0 Å². The Morgan fingerprint density at radius 2 is 2.21 bits per heavy atom. The Kier molecular flexibility index (Phi) is 2.96. The minimum absolute atomic E-state index is 0.00532. The minimum atomic E-state index is -1.61. The first-order valence-corrected chi connectivity index (χ1v) is 3.73. The lowest BCUT2D eigenvalue weighted by Gasteiger charge is -2.11. The zero-order valence-corrected chi connectivity index (χ0v) is 7.05. The largest absolute Gasteiger partial charge is 0.384 e. The van der Waals surface area contributed by atoms with Crippen molar-refractivity contribution in [3.05, 3.63) is 23.6 Å². The number of nitrogens with zero attached hydrogens (tertiary/aromatic N) is 2. The molecule has 4 N–H and O–H groups in total. The van der Waals surface area contributed by atoms with Gasteiger partial charge in [-0.15, -0.1) is 0 Å². The summed E-state index contributed by atoms with van der Waals surface area (Å²) in [6.45, 7) is 0. The first-order chi connectivity index (χ1) is 6.56. The highest BCUT2D eigenvalue weighted by Crippen LogP contribution is 2.18. The summed E-state index contributed by atoms with van der Waals surface area (Å²) in [5.41, 5.74) is 5.11. The molecule has 0 saturated heterocycles. The molecule has 0 aliphatic rings. The van der Waals surface area contributed by atoms with Crippen molar-refractivity contribution in [3.63, 3.8) is 0 Å². The van der Waals surface area contributed by atoms with Crippen LogP contribution in [0.5, 0.6) is 0 Å².